The van der Waals surface area contributed by atoms with E-state index in [1.54, 1.807) is 0 Å². The molecule has 144 valence electrons. The van der Waals surface area contributed by atoms with Crippen molar-refractivity contribution in [3.8, 4) is 0 Å². The van der Waals surface area contributed by atoms with E-state index in [4.69, 9.17) is 0 Å². The highest BCUT2D eigenvalue weighted by Crippen LogP contribution is 2.40. The number of fused-ring (bicyclic) bond motifs is 1. The number of aromatic amines is 1. The molecule has 4 rings (SSSR count). The Morgan fingerprint density at radius 3 is 2.63 bits per heavy atom. The third-order valence-corrected chi connectivity index (χ3v) is 6.06. The van der Waals surface area contributed by atoms with Gasteiger partial charge in [-0.2, -0.15) is 5.10 Å². The van der Waals surface area contributed by atoms with Crippen LogP contribution in [0.25, 0.3) is 0 Å². The number of carbonyl (C=O) groups excluding carboxylic acids is 1. The van der Waals surface area contributed by atoms with Crippen molar-refractivity contribution in [2.75, 3.05) is 38.5 Å². The van der Waals surface area contributed by atoms with E-state index in [9.17, 15) is 4.79 Å². The van der Waals surface area contributed by atoms with Crippen LogP contribution in [0.5, 0.6) is 0 Å². The number of likely N-dealkylation sites (N-methyl/N-ethyl adjacent to an activating group) is 1. The lowest BCUT2D eigenvalue weighted by atomic mass is 9.81. The number of anilines is 1. The maximum Gasteiger partial charge on any atom is 0.226 e. The molecule has 0 bridgehead atoms. The maximum atomic E-state index is 12.3. The van der Waals surface area contributed by atoms with Crippen molar-refractivity contribution >= 4 is 11.7 Å². The van der Waals surface area contributed by atoms with Gasteiger partial charge in [-0.3, -0.25) is 14.8 Å². The van der Waals surface area contributed by atoms with Crippen LogP contribution in [0.4, 0.5) is 5.82 Å². The minimum atomic E-state index is 0.0422. The molecule has 2 aromatic rings. The second-order valence-electron chi connectivity index (χ2n) is 8.13. The quantitative estimate of drug-likeness (QED) is 0.875. The van der Waals surface area contributed by atoms with Gasteiger partial charge in [0, 0.05) is 56.3 Å². The van der Waals surface area contributed by atoms with Gasteiger partial charge in [0.15, 0.2) is 5.82 Å². The first kappa shape index (κ1) is 18.2. The Balaban J connectivity index is 1.69. The molecule has 0 spiro atoms. The molecule has 1 aromatic heterocycles. The van der Waals surface area contributed by atoms with Gasteiger partial charge in [-0.25, -0.2) is 0 Å². The van der Waals surface area contributed by atoms with Gasteiger partial charge in [0.25, 0.3) is 0 Å². The number of piperazine rings is 1. The molecule has 1 saturated heterocycles. The summed E-state index contributed by atoms with van der Waals surface area (Å²) in [6.07, 6.45) is 0.478. The number of amides is 1. The first-order valence-corrected chi connectivity index (χ1v) is 9.78. The SMILES string of the molecule is Cc1cc(CN2CCN(C)CC2)c(C)c(C2CC(=O)Nc3n[nH]c(C)c32)c1. The Labute approximate surface area is 160 Å². The number of nitrogens with one attached hydrogen (secondary N) is 2. The zero-order valence-electron chi connectivity index (χ0n) is 16.7. The Morgan fingerprint density at radius 2 is 1.89 bits per heavy atom. The molecule has 1 atom stereocenters. The lowest BCUT2D eigenvalue weighted by molar-refractivity contribution is -0.116. The van der Waals surface area contributed by atoms with E-state index in [-0.39, 0.29) is 11.8 Å². The molecule has 1 aromatic carbocycles. The number of hydrogen-bond donors (Lipinski definition) is 2. The van der Waals surface area contributed by atoms with Gasteiger partial charge in [-0.1, -0.05) is 17.7 Å². The molecule has 0 radical (unpaired) electrons. The first-order valence-electron chi connectivity index (χ1n) is 9.78. The fourth-order valence-corrected chi connectivity index (χ4v) is 4.43. The van der Waals surface area contributed by atoms with Gasteiger partial charge in [0.05, 0.1) is 0 Å². The Morgan fingerprint density at radius 1 is 1.15 bits per heavy atom. The lowest BCUT2D eigenvalue weighted by Crippen LogP contribution is -2.44. The van der Waals surface area contributed by atoms with Crippen molar-refractivity contribution < 1.29 is 4.79 Å². The second-order valence-corrected chi connectivity index (χ2v) is 8.13. The minimum absolute atomic E-state index is 0.0422. The van der Waals surface area contributed by atoms with Gasteiger partial charge in [0.1, 0.15) is 0 Å². The molecular weight excluding hydrogens is 338 g/mol. The number of benzene rings is 1. The topological polar surface area (TPSA) is 64.3 Å². The second kappa shape index (κ2) is 7.09. The molecule has 2 aliphatic rings. The molecule has 3 heterocycles. The number of aryl methyl sites for hydroxylation is 2. The molecule has 1 fully saturated rings. The molecule has 2 N–H and O–H groups in total. The number of H-pyrrole nitrogens is 1. The highest BCUT2D eigenvalue weighted by Gasteiger charge is 2.32. The maximum absolute atomic E-state index is 12.3. The van der Waals surface area contributed by atoms with Gasteiger partial charge in [0.2, 0.25) is 5.91 Å². The molecule has 1 unspecified atom stereocenters. The van der Waals surface area contributed by atoms with E-state index in [1.807, 2.05) is 6.92 Å². The van der Waals surface area contributed by atoms with E-state index >= 15 is 0 Å². The zero-order valence-corrected chi connectivity index (χ0v) is 16.7. The number of nitrogens with zero attached hydrogens (tertiary/aromatic N) is 3. The number of aromatic nitrogens is 2. The Kier molecular flexibility index (Phi) is 4.78. The summed E-state index contributed by atoms with van der Waals surface area (Å²) in [5.74, 6) is 0.800. The largest absolute Gasteiger partial charge is 0.309 e. The van der Waals surface area contributed by atoms with Crippen molar-refractivity contribution in [1.29, 1.82) is 0 Å². The van der Waals surface area contributed by atoms with Crippen LogP contribution in [0.2, 0.25) is 0 Å². The number of carbonyl (C=O) groups is 1. The monoisotopic (exact) mass is 367 g/mol. The van der Waals surface area contributed by atoms with E-state index in [0.717, 1.165) is 44.0 Å². The van der Waals surface area contributed by atoms with Crippen LogP contribution < -0.4 is 5.32 Å². The summed E-state index contributed by atoms with van der Waals surface area (Å²) in [5, 5.41) is 10.2. The van der Waals surface area contributed by atoms with Crippen molar-refractivity contribution in [2.45, 2.75) is 39.7 Å². The van der Waals surface area contributed by atoms with Crippen LogP contribution in [-0.4, -0.2) is 59.1 Å². The zero-order chi connectivity index (χ0) is 19.1. The summed E-state index contributed by atoms with van der Waals surface area (Å²) in [4.78, 5) is 17.2. The third kappa shape index (κ3) is 3.51. The van der Waals surface area contributed by atoms with Crippen LogP contribution >= 0.6 is 0 Å². The minimum Gasteiger partial charge on any atom is -0.309 e. The predicted octanol–water partition coefficient (Wildman–Crippen LogP) is 2.56. The third-order valence-electron chi connectivity index (χ3n) is 6.06. The number of hydrogen-bond acceptors (Lipinski definition) is 4. The Bertz CT molecular complexity index is 864. The summed E-state index contributed by atoms with van der Waals surface area (Å²) in [7, 11) is 2.19. The molecule has 2 aliphatic heterocycles. The normalized spacial score (nSPS) is 21.2. The fourth-order valence-electron chi connectivity index (χ4n) is 4.43. The van der Waals surface area contributed by atoms with Crippen molar-refractivity contribution in [2.24, 2.45) is 0 Å². The van der Waals surface area contributed by atoms with Crippen molar-refractivity contribution in [3.63, 3.8) is 0 Å². The average molecular weight is 367 g/mol. The molecule has 0 aliphatic carbocycles. The summed E-state index contributed by atoms with van der Waals surface area (Å²) >= 11 is 0. The van der Waals surface area contributed by atoms with E-state index in [0.29, 0.717) is 12.2 Å². The molecule has 1 amide bonds. The highest BCUT2D eigenvalue weighted by molar-refractivity contribution is 5.94. The molecule has 27 heavy (non-hydrogen) atoms. The smallest absolute Gasteiger partial charge is 0.226 e. The molecule has 0 saturated carbocycles. The molecular formula is C21H29N5O. The van der Waals surface area contributed by atoms with E-state index in [1.165, 1.54) is 22.3 Å². The highest BCUT2D eigenvalue weighted by atomic mass is 16.1. The summed E-state index contributed by atoms with van der Waals surface area (Å²) < 4.78 is 0. The molecule has 6 heteroatoms. The standard InChI is InChI=1S/C21H29N5O/c1-13-9-16(12-26-7-5-25(4)6-8-26)14(2)17(10-13)18-11-19(27)22-21-20(18)15(3)23-24-21/h9-10,18H,5-8,11-12H2,1-4H3,(H2,22,23,24,27). The van der Waals surface area contributed by atoms with Crippen LogP contribution in [-0.2, 0) is 11.3 Å². The van der Waals surface area contributed by atoms with Gasteiger partial charge in [-0.05, 0) is 44.5 Å². The summed E-state index contributed by atoms with van der Waals surface area (Å²) in [6, 6.07) is 4.56. The molecule has 6 nitrogen and oxygen atoms in total. The lowest BCUT2D eigenvalue weighted by Gasteiger charge is -2.33. The summed E-state index contributed by atoms with van der Waals surface area (Å²) in [5.41, 5.74) is 7.38. The fraction of sp³-hybridized carbons (Fsp3) is 0.524. The van der Waals surface area contributed by atoms with Gasteiger partial charge < -0.3 is 10.2 Å². The first-order chi connectivity index (χ1) is 12.9. The van der Waals surface area contributed by atoms with Crippen molar-refractivity contribution in [3.05, 3.63) is 45.6 Å². The van der Waals surface area contributed by atoms with Crippen LogP contribution in [0.15, 0.2) is 12.1 Å². The van der Waals surface area contributed by atoms with Gasteiger partial charge >= 0.3 is 0 Å². The van der Waals surface area contributed by atoms with Crippen LogP contribution in [0.1, 0.15) is 45.8 Å². The summed E-state index contributed by atoms with van der Waals surface area (Å²) in [6.45, 7) is 11.8. The van der Waals surface area contributed by atoms with E-state index < -0.39 is 0 Å². The van der Waals surface area contributed by atoms with Crippen LogP contribution in [0.3, 0.4) is 0 Å². The Hall–Kier alpha value is -2.18. The van der Waals surface area contributed by atoms with Gasteiger partial charge in [-0.15, -0.1) is 0 Å². The van der Waals surface area contributed by atoms with Crippen LogP contribution in [0, 0.1) is 20.8 Å². The predicted molar refractivity (Wildman–Crippen MR) is 107 cm³/mol. The van der Waals surface area contributed by atoms with E-state index in [2.05, 4.69) is 58.3 Å². The number of rotatable bonds is 3. The van der Waals surface area contributed by atoms with Crippen molar-refractivity contribution in [1.82, 2.24) is 20.0 Å². The average Bonchev–Trinajstić information content (AvgIpc) is 3.00.